The predicted molar refractivity (Wildman–Crippen MR) is 105 cm³/mol. The van der Waals surface area contributed by atoms with Crippen molar-refractivity contribution in [2.45, 2.75) is 19.0 Å². The highest BCUT2D eigenvalue weighted by atomic mass is 19.4. The van der Waals surface area contributed by atoms with Crippen molar-refractivity contribution < 1.29 is 18.0 Å². The number of fused-ring (bicyclic) bond motifs is 1. The number of amides is 1. The van der Waals surface area contributed by atoms with Gasteiger partial charge in [-0.1, -0.05) is 18.2 Å². The van der Waals surface area contributed by atoms with E-state index in [2.05, 4.69) is 20.3 Å². The van der Waals surface area contributed by atoms with Crippen LogP contribution in [0.25, 0.3) is 16.8 Å². The molecule has 6 nitrogen and oxygen atoms in total. The van der Waals surface area contributed by atoms with Gasteiger partial charge in [-0.15, -0.1) is 0 Å². The zero-order valence-electron chi connectivity index (χ0n) is 15.6. The van der Waals surface area contributed by atoms with Crippen LogP contribution in [0.4, 0.5) is 19.1 Å². The number of halogens is 3. The highest BCUT2D eigenvalue weighted by molar-refractivity contribution is 5.93. The average molecular weight is 411 g/mol. The molecule has 1 aromatic carbocycles. The number of nitrogens with one attached hydrogen (secondary N) is 1. The number of aromatic nitrogens is 3. The molecule has 2 heterocycles. The van der Waals surface area contributed by atoms with Crippen LogP contribution in [-0.4, -0.2) is 20.9 Å². The van der Waals surface area contributed by atoms with Gasteiger partial charge in [-0.25, -0.2) is 9.97 Å². The first-order valence-corrected chi connectivity index (χ1v) is 9.03. The van der Waals surface area contributed by atoms with E-state index in [9.17, 15) is 18.0 Å². The van der Waals surface area contributed by atoms with Gasteiger partial charge in [-0.05, 0) is 29.3 Å². The van der Waals surface area contributed by atoms with E-state index in [1.165, 1.54) is 12.1 Å². The molecule has 2 aromatic heterocycles. The molecule has 0 spiro atoms. The van der Waals surface area contributed by atoms with Crippen molar-refractivity contribution in [1.29, 1.82) is 0 Å². The second-order valence-electron chi connectivity index (χ2n) is 6.75. The summed E-state index contributed by atoms with van der Waals surface area (Å²) in [6, 6.07) is 6.34. The standard InChI is InChI=1S/C21H16F3N5O/c22-21(23,24)14-3-1-12(2-4-14)9-18(30)29-17-6-5-16-19(17)15(7-8-26-16)13-10-27-20(25)28-11-13/h1-4,6-8,10-11H,5,9H2,(H,29,30)(H2,25,27,28). The van der Waals surface area contributed by atoms with Crippen LogP contribution in [0, 0.1) is 0 Å². The highest BCUT2D eigenvalue weighted by Gasteiger charge is 2.30. The molecule has 0 aliphatic heterocycles. The van der Waals surface area contributed by atoms with Crippen LogP contribution in [0.5, 0.6) is 0 Å². The second-order valence-corrected chi connectivity index (χ2v) is 6.75. The molecule has 3 N–H and O–H groups in total. The summed E-state index contributed by atoms with van der Waals surface area (Å²) < 4.78 is 38.1. The van der Waals surface area contributed by atoms with Gasteiger partial charge in [-0.3, -0.25) is 9.78 Å². The van der Waals surface area contributed by atoms with Gasteiger partial charge >= 0.3 is 6.18 Å². The normalized spacial score (nSPS) is 13.0. The smallest absolute Gasteiger partial charge is 0.368 e. The van der Waals surface area contributed by atoms with Gasteiger partial charge < -0.3 is 11.1 Å². The number of anilines is 1. The fourth-order valence-corrected chi connectivity index (χ4v) is 3.28. The lowest BCUT2D eigenvalue weighted by Gasteiger charge is -2.13. The maximum absolute atomic E-state index is 12.7. The summed E-state index contributed by atoms with van der Waals surface area (Å²) in [5, 5.41) is 2.84. The van der Waals surface area contributed by atoms with E-state index in [1.54, 1.807) is 24.7 Å². The van der Waals surface area contributed by atoms with Crippen LogP contribution in [0.15, 0.2) is 55.0 Å². The third-order valence-electron chi connectivity index (χ3n) is 4.70. The Balaban J connectivity index is 1.52. The van der Waals surface area contributed by atoms with Gasteiger partial charge in [0.05, 0.1) is 17.7 Å². The highest BCUT2D eigenvalue weighted by Crippen LogP contribution is 2.33. The fraction of sp³-hybridized carbons (Fsp3) is 0.143. The molecule has 9 heteroatoms. The Kier molecular flexibility index (Phi) is 4.94. The van der Waals surface area contributed by atoms with Gasteiger partial charge in [0.15, 0.2) is 0 Å². The number of benzene rings is 1. The molecule has 30 heavy (non-hydrogen) atoms. The quantitative estimate of drug-likeness (QED) is 0.686. The van der Waals surface area contributed by atoms with Gasteiger partial charge in [0.2, 0.25) is 11.9 Å². The minimum absolute atomic E-state index is 0.0502. The summed E-state index contributed by atoms with van der Waals surface area (Å²) in [7, 11) is 0. The zero-order valence-corrected chi connectivity index (χ0v) is 15.6. The molecule has 0 bridgehead atoms. The lowest BCUT2D eigenvalue weighted by Crippen LogP contribution is -2.23. The first-order valence-electron chi connectivity index (χ1n) is 9.03. The van der Waals surface area contributed by atoms with E-state index < -0.39 is 11.7 Å². The Hall–Kier alpha value is -3.75. The van der Waals surface area contributed by atoms with Crippen molar-refractivity contribution in [1.82, 2.24) is 20.3 Å². The number of allylic oxidation sites excluding steroid dienone is 1. The number of carbonyl (C=O) groups excluding carboxylic acids is 1. The number of carbonyl (C=O) groups is 1. The van der Waals surface area contributed by atoms with Crippen molar-refractivity contribution in [3.63, 3.8) is 0 Å². The molecule has 0 saturated carbocycles. The predicted octanol–water partition coefficient (Wildman–Crippen LogP) is 3.40. The van der Waals surface area contributed by atoms with Crippen LogP contribution in [0.1, 0.15) is 22.4 Å². The van der Waals surface area contributed by atoms with Gasteiger partial charge in [0.25, 0.3) is 0 Å². The minimum atomic E-state index is -4.41. The maximum atomic E-state index is 12.7. The molecule has 0 atom stereocenters. The molecule has 1 amide bonds. The number of pyridine rings is 1. The number of rotatable bonds is 4. The van der Waals surface area contributed by atoms with E-state index >= 15 is 0 Å². The van der Waals surface area contributed by atoms with E-state index in [1.807, 2.05) is 6.08 Å². The topological polar surface area (TPSA) is 93.8 Å². The summed E-state index contributed by atoms with van der Waals surface area (Å²) in [5.41, 5.74) is 8.99. The number of hydrogen-bond donors (Lipinski definition) is 2. The van der Waals surface area contributed by atoms with Crippen molar-refractivity contribution >= 4 is 17.6 Å². The molecule has 0 fully saturated rings. The number of nitrogens with zero attached hydrogens (tertiary/aromatic N) is 3. The SMILES string of the molecule is Nc1ncc(-c2ccnc3c2C(NC(=O)Cc2ccc(C(F)(F)F)cc2)=CC3)cn1. The fourth-order valence-electron chi connectivity index (χ4n) is 3.28. The molecule has 4 rings (SSSR count). The number of hydrogen-bond acceptors (Lipinski definition) is 5. The van der Waals surface area contributed by atoms with E-state index in [4.69, 9.17) is 5.73 Å². The summed E-state index contributed by atoms with van der Waals surface area (Å²) in [6.45, 7) is 0. The first-order chi connectivity index (χ1) is 14.3. The molecule has 0 radical (unpaired) electrons. The Bertz CT molecular complexity index is 1120. The molecule has 0 unspecified atom stereocenters. The average Bonchev–Trinajstić information content (AvgIpc) is 3.11. The van der Waals surface area contributed by atoms with Crippen molar-refractivity contribution in [3.8, 4) is 11.1 Å². The van der Waals surface area contributed by atoms with Gasteiger partial charge in [0, 0.05) is 41.8 Å². The van der Waals surface area contributed by atoms with Crippen LogP contribution in [0.2, 0.25) is 0 Å². The van der Waals surface area contributed by atoms with E-state index in [-0.39, 0.29) is 18.3 Å². The third-order valence-corrected chi connectivity index (χ3v) is 4.70. The van der Waals surface area contributed by atoms with Crippen molar-refractivity contribution in [2.75, 3.05) is 5.73 Å². The number of nitrogen functional groups attached to an aromatic ring is 1. The van der Waals surface area contributed by atoms with E-state index in [0.717, 1.165) is 34.5 Å². The van der Waals surface area contributed by atoms with Gasteiger partial charge in [0.1, 0.15) is 0 Å². The molecule has 3 aromatic rings. The Morgan fingerprint density at radius 2 is 1.77 bits per heavy atom. The summed E-state index contributed by atoms with van der Waals surface area (Å²) in [4.78, 5) is 24.9. The van der Waals surface area contributed by atoms with Crippen molar-refractivity contribution in [2.24, 2.45) is 0 Å². The summed E-state index contributed by atoms with van der Waals surface area (Å²) in [6.07, 6.45) is 2.81. The number of nitrogens with two attached hydrogens (primary N) is 1. The molecule has 1 aliphatic carbocycles. The number of alkyl halides is 3. The molecular weight excluding hydrogens is 395 g/mol. The summed E-state index contributed by atoms with van der Waals surface area (Å²) in [5.74, 6) is -0.178. The Morgan fingerprint density at radius 3 is 2.43 bits per heavy atom. The largest absolute Gasteiger partial charge is 0.416 e. The molecule has 152 valence electrons. The monoisotopic (exact) mass is 411 g/mol. The van der Waals surface area contributed by atoms with Crippen molar-refractivity contribution in [3.05, 3.63) is 77.4 Å². The lowest BCUT2D eigenvalue weighted by atomic mass is 10.0. The zero-order chi connectivity index (χ0) is 21.3. The van der Waals surface area contributed by atoms with E-state index in [0.29, 0.717) is 17.7 Å². The summed E-state index contributed by atoms with van der Waals surface area (Å²) >= 11 is 0. The van der Waals surface area contributed by atoms with Crippen LogP contribution >= 0.6 is 0 Å². The lowest BCUT2D eigenvalue weighted by molar-refractivity contribution is -0.137. The molecular formula is C21H16F3N5O. The Labute approximate surface area is 169 Å². The maximum Gasteiger partial charge on any atom is 0.416 e. The Morgan fingerprint density at radius 1 is 1.07 bits per heavy atom. The first kappa shape index (κ1) is 19.6. The second kappa shape index (κ2) is 7.58. The van der Waals surface area contributed by atoms with Crippen LogP contribution < -0.4 is 11.1 Å². The molecule has 1 aliphatic rings. The van der Waals surface area contributed by atoms with Gasteiger partial charge in [-0.2, -0.15) is 13.2 Å². The van der Waals surface area contributed by atoms with Crippen LogP contribution in [0.3, 0.4) is 0 Å². The molecule has 0 saturated heterocycles. The van der Waals surface area contributed by atoms with Crippen LogP contribution in [-0.2, 0) is 23.8 Å². The minimum Gasteiger partial charge on any atom is -0.368 e. The third kappa shape index (κ3) is 4.00.